The number of rotatable bonds is 3. The van der Waals surface area contributed by atoms with Crippen molar-refractivity contribution in [3.63, 3.8) is 0 Å². The van der Waals surface area contributed by atoms with Gasteiger partial charge >= 0.3 is 0 Å². The standard InChI is InChI=1S/C5H11O2P/c1-3-4-5-8(2,6)7/h3H,1,4-5H2,2H3,(H,6,7). The molecule has 0 saturated heterocycles. The molecule has 0 radical (unpaired) electrons. The molecule has 2 nitrogen and oxygen atoms in total. The van der Waals surface area contributed by atoms with Crippen LogP contribution in [-0.2, 0) is 4.57 Å². The SMILES string of the molecule is C=CCCP(C)(=O)O. The van der Waals surface area contributed by atoms with Crippen LogP contribution in [0.5, 0.6) is 0 Å². The molecule has 0 rings (SSSR count). The summed E-state index contributed by atoms with van der Waals surface area (Å²) >= 11 is 0. The van der Waals surface area contributed by atoms with E-state index in [9.17, 15) is 4.57 Å². The fraction of sp³-hybridized carbons (Fsp3) is 0.600. The zero-order chi connectivity index (χ0) is 6.62. The molecule has 3 heteroatoms. The Morgan fingerprint density at radius 2 is 2.38 bits per heavy atom. The summed E-state index contributed by atoms with van der Waals surface area (Å²) in [7, 11) is -2.75. The quantitative estimate of drug-likeness (QED) is 0.468. The highest BCUT2D eigenvalue weighted by atomic mass is 31.2. The minimum Gasteiger partial charge on any atom is -0.344 e. The minimum absolute atomic E-state index is 0.358. The maximum atomic E-state index is 10.5. The average molecular weight is 134 g/mol. The molecule has 8 heavy (non-hydrogen) atoms. The smallest absolute Gasteiger partial charge is 0.197 e. The molecule has 48 valence electrons. The van der Waals surface area contributed by atoms with Crippen molar-refractivity contribution in [2.75, 3.05) is 12.8 Å². The molecular weight excluding hydrogens is 123 g/mol. The van der Waals surface area contributed by atoms with Crippen LogP contribution in [0.4, 0.5) is 0 Å². The zero-order valence-electron chi connectivity index (χ0n) is 5.00. The molecule has 0 heterocycles. The minimum atomic E-state index is -2.75. The molecule has 0 spiro atoms. The molecule has 1 unspecified atom stereocenters. The van der Waals surface area contributed by atoms with Crippen LogP contribution in [0.2, 0.25) is 0 Å². The monoisotopic (exact) mass is 134 g/mol. The molecule has 0 aromatic heterocycles. The third kappa shape index (κ3) is 5.93. The summed E-state index contributed by atoms with van der Waals surface area (Å²) in [5.41, 5.74) is 0. The van der Waals surface area contributed by atoms with Crippen molar-refractivity contribution in [2.24, 2.45) is 0 Å². The molecule has 0 bridgehead atoms. The summed E-state index contributed by atoms with van der Waals surface area (Å²) < 4.78 is 10.5. The molecule has 1 atom stereocenters. The van der Waals surface area contributed by atoms with E-state index in [2.05, 4.69) is 6.58 Å². The summed E-state index contributed by atoms with van der Waals surface area (Å²) in [5.74, 6) is 0. The number of allylic oxidation sites excluding steroid dienone is 1. The van der Waals surface area contributed by atoms with E-state index >= 15 is 0 Å². The van der Waals surface area contributed by atoms with Crippen molar-refractivity contribution in [3.05, 3.63) is 12.7 Å². The van der Waals surface area contributed by atoms with Crippen LogP contribution in [0, 0.1) is 0 Å². The van der Waals surface area contributed by atoms with Crippen molar-refractivity contribution in [2.45, 2.75) is 6.42 Å². The second-order valence-electron chi connectivity index (χ2n) is 1.85. The fourth-order valence-corrected chi connectivity index (χ4v) is 0.992. The summed E-state index contributed by atoms with van der Waals surface area (Å²) in [5, 5.41) is 0. The highest BCUT2D eigenvalue weighted by Gasteiger charge is 2.05. The van der Waals surface area contributed by atoms with E-state index in [0.717, 1.165) is 0 Å². The lowest BCUT2D eigenvalue weighted by Gasteiger charge is -1.99. The largest absolute Gasteiger partial charge is 0.344 e. The van der Waals surface area contributed by atoms with E-state index in [4.69, 9.17) is 4.89 Å². The van der Waals surface area contributed by atoms with Crippen LogP contribution in [0.3, 0.4) is 0 Å². The van der Waals surface area contributed by atoms with Crippen molar-refractivity contribution >= 4 is 7.37 Å². The first-order valence-electron chi connectivity index (χ1n) is 2.46. The fourth-order valence-electron chi connectivity index (χ4n) is 0.331. The normalized spacial score (nSPS) is 17.2. The predicted octanol–water partition coefficient (Wildman–Crippen LogP) is 1.46. The Balaban J connectivity index is 3.40. The lowest BCUT2D eigenvalue weighted by atomic mass is 10.5. The highest BCUT2D eigenvalue weighted by molar-refractivity contribution is 7.57. The Hall–Kier alpha value is -0.0700. The van der Waals surface area contributed by atoms with Gasteiger partial charge in [-0.25, -0.2) is 0 Å². The topological polar surface area (TPSA) is 37.3 Å². The molecule has 0 aliphatic heterocycles. The van der Waals surface area contributed by atoms with Gasteiger partial charge in [0.25, 0.3) is 0 Å². The maximum absolute atomic E-state index is 10.5. The van der Waals surface area contributed by atoms with E-state index in [0.29, 0.717) is 12.6 Å². The van der Waals surface area contributed by atoms with Gasteiger partial charge in [0.1, 0.15) is 0 Å². The van der Waals surface area contributed by atoms with Crippen molar-refractivity contribution < 1.29 is 9.46 Å². The van der Waals surface area contributed by atoms with E-state index in [1.807, 2.05) is 0 Å². The summed E-state index contributed by atoms with van der Waals surface area (Å²) in [6.45, 7) is 4.79. The van der Waals surface area contributed by atoms with Crippen LogP contribution in [-0.4, -0.2) is 17.7 Å². The first-order chi connectivity index (χ1) is 3.56. The first-order valence-corrected chi connectivity index (χ1v) is 4.75. The molecule has 0 amide bonds. The number of hydrogen-bond acceptors (Lipinski definition) is 1. The molecule has 0 aliphatic carbocycles. The van der Waals surface area contributed by atoms with Gasteiger partial charge in [0.15, 0.2) is 7.37 Å². The second-order valence-corrected chi connectivity index (χ2v) is 4.40. The molecule has 0 fully saturated rings. The van der Waals surface area contributed by atoms with Gasteiger partial charge in [-0.2, -0.15) is 0 Å². The molecule has 0 aliphatic rings. The highest BCUT2D eigenvalue weighted by Crippen LogP contribution is 2.35. The van der Waals surface area contributed by atoms with Gasteiger partial charge in [0.2, 0.25) is 0 Å². The number of hydrogen-bond donors (Lipinski definition) is 1. The third-order valence-corrected chi connectivity index (χ3v) is 1.84. The van der Waals surface area contributed by atoms with Gasteiger partial charge < -0.3 is 4.89 Å². The molecule has 0 aromatic carbocycles. The van der Waals surface area contributed by atoms with Crippen LogP contribution < -0.4 is 0 Å². The van der Waals surface area contributed by atoms with E-state index in [-0.39, 0.29) is 0 Å². The van der Waals surface area contributed by atoms with Gasteiger partial charge in [-0.15, -0.1) is 6.58 Å². The Bertz CT molecular complexity index is 114. The second kappa shape index (κ2) is 3.06. The van der Waals surface area contributed by atoms with Gasteiger partial charge in [0, 0.05) is 12.8 Å². The van der Waals surface area contributed by atoms with Crippen LogP contribution in [0.25, 0.3) is 0 Å². The Morgan fingerprint density at radius 3 is 2.50 bits per heavy atom. The van der Waals surface area contributed by atoms with E-state index < -0.39 is 7.37 Å². The Labute approximate surface area is 49.7 Å². The van der Waals surface area contributed by atoms with Crippen molar-refractivity contribution in [3.8, 4) is 0 Å². The molecular formula is C5H11O2P. The summed E-state index contributed by atoms with van der Waals surface area (Å²) in [6.07, 6.45) is 2.63. The first kappa shape index (κ1) is 7.93. The Kier molecular flexibility index (Phi) is 3.03. The van der Waals surface area contributed by atoms with Gasteiger partial charge in [-0.05, 0) is 6.42 Å². The van der Waals surface area contributed by atoms with Crippen LogP contribution in [0.15, 0.2) is 12.7 Å². The molecule has 1 N–H and O–H groups in total. The van der Waals surface area contributed by atoms with Gasteiger partial charge in [-0.3, -0.25) is 4.57 Å². The molecule has 0 saturated carbocycles. The van der Waals surface area contributed by atoms with Crippen LogP contribution in [0.1, 0.15) is 6.42 Å². The van der Waals surface area contributed by atoms with Crippen molar-refractivity contribution in [1.29, 1.82) is 0 Å². The lowest BCUT2D eigenvalue weighted by Crippen LogP contribution is -1.82. The summed E-state index contributed by atoms with van der Waals surface area (Å²) in [4.78, 5) is 8.66. The maximum Gasteiger partial charge on any atom is 0.197 e. The van der Waals surface area contributed by atoms with E-state index in [1.165, 1.54) is 6.66 Å². The summed E-state index contributed by atoms with van der Waals surface area (Å²) in [6, 6.07) is 0. The van der Waals surface area contributed by atoms with E-state index in [1.54, 1.807) is 6.08 Å². The van der Waals surface area contributed by atoms with Crippen LogP contribution >= 0.6 is 7.37 Å². The Morgan fingerprint density at radius 1 is 1.88 bits per heavy atom. The lowest BCUT2D eigenvalue weighted by molar-refractivity contribution is 0.485. The van der Waals surface area contributed by atoms with Gasteiger partial charge in [-0.1, -0.05) is 6.08 Å². The average Bonchev–Trinajstić information content (AvgIpc) is 1.59. The molecule has 0 aromatic rings. The van der Waals surface area contributed by atoms with Crippen molar-refractivity contribution in [1.82, 2.24) is 0 Å². The third-order valence-electron chi connectivity index (χ3n) is 0.748. The predicted molar refractivity (Wildman–Crippen MR) is 35.4 cm³/mol. The zero-order valence-corrected chi connectivity index (χ0v) is 5.90. The van der Waals surface area contributed by atoms with Gasteiger partial charge in [0.05, 0.1) is 0 Å².